The molecule has 9 nitrogen and oxygen atoms in total. The molecule has 0 aliphatic carbocycles. The zero-order valence-electron chi connectivity index (χ0n) is 23.3. The van der Waals surface area contributed by atoms with Crippen LogP contribution in [0.2, 0.25) is 5.02 Å². The van der Waals surface area contributed by atoms with Gasteiger partial charge in [-0.05, 0) is 62.6 Å². The van der Waals surface area contributed by atoms with E-state index in [9.17, 15) is 4.79 Å². The monoisotopic (exact) mass is 561 g/mol. The van der Waals surface area contributed by atoms with Crippen LogP contribution in [-0.2, 0) is 0 Å². The van der Waals surface area contributed by atoms with Crippen LogP contribution >= 0.6 is 11.6 Å². The number of halogens is 1. The van der Waals surface area contributed by atoms with Crippen molar-refractivity contribution in [2.75, 3.05) is 24.7 Å². The minimum atomic E-state index is -0.303. The van der Waals surface area contributed by atoms with Gasteiger partial charge < -0.3 is 26.5 Å². The summed E-state index contributed by atoms with van der Waals surface area (Å²) < 4.78 is 5.71. The number of nitrogen functional groups attached to an aromatic ring is 1. The minimum absolute atomic E-state index is 0.0310. The number of hydrogen-bond donors (Lipinski definition) is 4. The Bertz CT molecular complexity index is 1510. The average molecular weight is 562 g/mol. The maximum Gasteiger partial charge on any atom is 0.272 e. The van der Waals surface area contributed by atoms with Crippen molar-refractivity contribution in [1.29, 1.82) is 0 Å². The first-order chi connectivity index (χ1) is 19.3. The highest BCUT2D eigenvalue weighted by Crippen LogP contribution is 2.31. The predicted octanol–water partition coefficient (Wildman–Crippen LogP) is 5.75. The van der Waals surface area contributed by atoms with Crippen molar-refractivity contribution in [3.05, 3.63) is 76.3 Å². The molecule has 0 bridgehead atoms. The Kier molecular flexibility index (Phi) is 9.39. The summed E-state index contributed by atoms with van der Waals surface area (Å²) in [6.07, 6.45) is 4.12. The van der Waals surface area contributed by atoms with Crippen molar-refractivity contribution in [2.45, 2.75) is 46.1 Å². The summed E-state index contributed by atoms with van der Waals surface area (Å²) in [5.74, 6) is 0.848. The first kappa shape index (κ1) is 29.0. The molecule has 0 saturated heterocycles. The number of anilines is 2. The number of methoxy groups -OCH3 is 1. The molecule has 0 radical (unpaired) electrons. The van der Waals surface area contributed by atoms with Gasteiger partial charge in [-0.1, -0.05) is 44.0 Å². The van der Waals surface area contributed by atoms with E-state index < -0.39 is 0 Å². The number of aromatic nitrogens is 3. The summed E-state index contributed by atoms with van der Waals surface area (Å²) in [6.45, 7) is 6.77. The molecule has 2 unspecified atom stereocenters. The topological polar surface area (TPSA) is 144 Å². The fraction of sp³-hybridized carbons (Fsp3) is 0.333. The summed E-state index contributed by atoms with van der Waals surface area (Å²) in [7, 11) is 1.56. The van der Waals surface area contributed by atoms with Gasteiger partial charge in [0, 0.05) is 21.5 Å². The second-order valence-electron chi connectivity index (χ2n) is 9.70. The lowest BCUT2D eigenvalue weighted by molar-refractivity contribution is 0.102. The van der Waals surface area contributed by atoms with Gasteiger partial charge in [-0.25, -0.2) is 9.97 Å². The second kappa shape index (κ2) is 12.9. The third-order valence-electron chi connectivity index (χ3n) is 7.17. The number of nitrogens with two attached hydrogens (primary N) is 2. The molecular weight excluding hydrogens is 526 g/mol. The number of carbonyl (C=O) groups is 1. The van der Waals surface area contributed by atoms with Crippen LogP contribution in [0.1, 0.15) is 60.4 Å². The number of aliphatic imine (C=N–C) groups is 1. The van der Waals surface area contributed by atoms with E-state index in [0.29, 0.717) is 51.7 Å². The van der Waals surface area contributed by atoms with E-state index in [4.69, 9.17) is 32.8 Å². The maximum absolute atomic E-state index is 13.1. The number of nitrogens with zero attached hydrogens (tertiary/aromatic N) is 3. The second-order valence-corrected chi connectivity index (χ2v) is 10.1. The number of nitrogens with one attached hydrogen (secondary N) is 2. The summed E-state index contributed by atoms with van der Waals surface area (Å²) in [5, 5.41) is 4.43. The van der Waals surface area contributed by atoms with E-state index in [0.717, 1.165) is 41.4 Å². The van der Waals surface area contributed by atoms with E-state index in [1.165, 1.54) is 6.33 Å². The van der Waals surface area contributed by atoms with Crippen LogP contribution in [0.4, 0.5) is 11.5 Å². The molecule has 4 aromatic rings. The van der Waals surface area contributed by atoms with E-state index in [-0.39, 0.29) is 11.9 Å². The SMILES string of the molecule is CCC(CCN)C(CC)N=C(c1ccc(NC(=O)c2cc3ccc(Cl)cc3[nH]2)c(OC)c1)c1c(C)ncnc1N. The summed E-state index contributed by atoms with van der Waals surface area (Å²) in [4.78, 5) is 30.1. The number of aromatic amines is 1. The van der Waals surface area contributed by atoms with Gasteiger partial charge in [-0.3, -0.25) is 9.79 Å². The van der Waals surface area contributed by atoms with Crippen LogP contribution in [0.25, 0.3) is 10.9 Å². The van der Waals surface area contributed by atoms with Crippen molar-refractivity contribution in [3.63, 3.8) is 0 Å². The number of rotatable bonds is 11. The van der Waals surface area contributed by atoms with Gasteiger partial charge in [-0.2, -0.15) is 0 Å². The lowest BCUT2D eigenvalue weighted by atomic mass is 9.91. The molecule has 6 N–H and O–H groups in total. The Balaban J connectivity index is 1.74. The molecule has 2 aromatic carbocycles. The average Bonchev–Trinajstić information content (AvgIpc) is 3.37. The van der Waals surface area contributed by atoms with Gasteiger partial charge in [0.25, 0.3) is 5.91 Å². The molecule has 2 aromatic heterocycles. The molecule has 10 heteroatoms. The highest BCUT2D eigenvalue weighted by molar-refractivity contribution is 6.31. The van der Waals surface area contributed by atoms with Gasteiger partial charge in [0.05, 0.1) is 35.8 Å². The highest BCUT2D eigenvalue weighted by Gasteiger charge is 2.23. The van der Waals surface area contributed by atoms with Crippen molar-refractivity contribution in [1.82, 2.24) is 15.0 Å². The number of benzene rings is 2. The van der Waals surface area contributed by atoms with Crippen molar-refractivity contribution >= 4 is 45.6 Å². The lowest BCUT2D eigenvalue weighted by Gasteiger charge is -2.24. The number of hydrogen-bond acceptors (Lipinski definition) is 7. The van der Waals surface area contributed by atoms with Crippen LogP contribution < -0.4 is 21.5 Å². The number of fused-ring (bicyclic) bond motifs is 1. The Morgan fingerprint density at radius 1 is 1.15 bits per heavy atom. The molecule has 4 rings (SSSR count). The molecule has 40 heavy (non-hydrogen) atoms. The number of aryl methyl sites for hydroxylation is 1. The number of amides is 1. The molecule has 1 amide bonds. The smallest absolute Gasteiger partial charge is 0.272 e. The number of ether oxygens (including phenoxy) is 1. The van der Waals surface area contributed by atoms with Gasteiger partial charge in [-0.15, -0.1) is 0 Å². The molecule has 0 spiro atoms. The van der Waals surface area contributed by atoms with Crippen LogP contribution in [0, 0.1) is 12.8 Å². The van der Waals surface area contributed by atoms with E-state index in [1.54, 1.807) is 31.4 Å². The van der Waals surface area contributed by atoms with Crippen LogP contribution in [0.15, 0.2) is 53.8 Å². The van der Waals surface area contributed by atoms with E-state index in [2.05, 4.69) is 34.1 Å². The molecular formula is C30H36ClN7O2. The summed E-state index contributed by atoms with van der Waals surface area (Å²) >= 11 is 6.09. The van der Waals surface area contributed by atoms with Crippen molar-refractivity contribution in [2.24, 2.45) is 16.6 Å². The standard InChI is InChI=1S/C30H36ClN7O2/c1-5-18(11-12-32)22(6-2)37-28(27-17(3)34-16-35-29(27)33)20-8-10-23(26(14-20)40-4)38-30(39)25-13-19-7-9-21(31)15-24(19)36-25/h7-10,13-16,18,22,36H,5-6,11-12,32H2,1-4H3,(H,38,39)(H2,33,34,35). The molecule has 2 atom stereocenters. The number of carbonyl (C=O) groups excluding carboxylic acids is 1. The van der Waals surface area contributed by atoms with Crippen LogP contribution in [0.5, 0.6) is 5.75 Å². The maximum atomic E-state index is 13.1. The first-order valence-electron chi connectivity index (χ1n) is 13.4. The minimum Gasteiger partial charge on any atom is -0.495 e. The Morgan fingerprint density at radius 2 is 1.95 bits per heavy atom. The largest absolute Gasteiger partial charge is 0.495 e. The third-order valence-corrected chi connectivity index (χ3v) is 7.41. The Hall–Kier alpha value is -3.95. The van der Waals surface area contributed by atoms with E-state index >= 15 is 0 Å². The van der Waals surface area contributed by atoms with Gasteiger partial charge in [0.2, 0.25) is 0 Å². The molecule has 210 valence electrons. The molecule has 0 saturated carbocycles. The van der Waals surface area contributed by atoms with Crippen molar-refractivity contribution < 1.29 is 9.53 Å². The van der Waals surface area contributed by atoms with Gasteiger partial charge >= 0.3 is 0 Å². The van der Waals surface area contributed by atoms with Gasteiger partial charge in [0.15, 0.2) is 0 Å². The molecule has 0 fully saturated rings. The number of H-pyrrole nitrogens is 1. The normalized spacial score (nSPS) is 13.3. The first-order valence-corrected chi connectivity index (χ1v) is 13.8. The molecule has 2 heterocycles. The Labute approximate surface area is 239 Å². The van der Waals surface area contributed by atoms with E-state index in [1.807, 2.05) is 25.1 Å². The third kappa shape index (κ3) is 6.26. The van der Waals surface area contributed by atoms with Crippen LogP contribution in [-0.4, -0.2) is 46.3 Å². The van der Waals surface area contributed by atoms with Gasteiger partial charge in [0.1, 0.15) is 23.6 Å². The quantitative estimate of drug-likeness (QED) is 0.171. The van der Waals surface area contributed by atoms with Crippen molar-refractivity contribution in [3.8, 4) is 5.75 Å². The fourth-order valence-electron chi connectivity index (χ4n) is 5.00. The van der Waals surface area contributed by atoms with Crippen LogP contribution in [0.3, 0.4) is 0 Å². The molecule has 0 aliphatic heterocycles. The zero-order valence-corrected chi connectivity index (χ0v) is 24.0. The highest BCUT2D eigenvalue weighted by atomic mass is 35.5. The summed E-state index contributed by atoms with van der Waals surface area (Å²) in [5.41, 5.74) is 16.9. The molecule has 0 aliphatic rings. The Morgan fingerprint density at radius 3 is 2.62 bits per heavy atom. The summed E-state index contributed by atoms with van der Waals surface area (Å²) in [6, 6.07) is 12.8. The lowest BCUT2D eigenvalue weighted by Crippen LogP contribution is -2.24. The predicted molar refractivity (Wildman–Crippen MR) is 163 cm³/mol. The fourth-order valence-corrected chi connectivity index (χ4v) is 5.17. The zero-order chi connectivity index (χ0) is 28.8.